The molecule has 1 fully saturated rings. The van der Waals surface area contributed by atoms with Crippen molar-refractivity contribution < 1.29 is 42.5 Å². The third-order valence-corrected chi connectivity index (χ3v) is 6.91. The highest BCUT2D eigenvalue weighted by Crippen LogP contribution is 2.44. The fraction of sp³-hybridized carbons (Fsp3) is 0.567. The number of ether oxygens (including phenoxy) is 3. The van der Waals surface area contributed by atoms with Crippen LogP contribution in [0.1, 0.15) is 76.5 Å². The summed E-state index contributed by atoms with van der Waals surface area (Å²) in [5.41, 5.74) is -0.198. The molecule has 1 aliphatic rings. The summed E-state index contributed by atoms with van der Waals surface area (Å²) >= 11 is 0. The normalized spacial score (nSPS) is 19.1. The summed E-state index contributed by atoms with van der Waals surface area (Å²) in [6.07, 6.45) is -0.340. The maximum absolute atomic E-state index is 15.3. The van der Waals surface area contributed by atoms with Gasteiger partial charge in [-0.15, -0.1) is 0 Å². The number of amides is 1. The lowest BCUT2D eigenvalue weighted by molar-refractivity contribution is -0.176. The smallest absolute Gasteiger partial charge is 0.412 e. The molecule has 2 aromatic rings. The number of aliphatic hydroxyl groups is 1. The Balaban J connectivity index is 1.46. The van der Waals surface area contributed by atoms with E-state index in [4.69, 9.17) is 14.2 Å². The van der Waals surface area contributed by atoms with Crippen LogP contribution in [0.15, 0.2) is 47.4 Å². The summed E-state index contributed by atoms with van der Waals surface area (Å²) in [7, 11) is 0. The molecule has 3 atom stereocenters. The SMILES string of the molecule is CCCCCOC(=O)Nc1ccn([C@@H]2O[C@H](CO)[C@@H](OC(=O)CCCCCCC(=O)Cc3ccccc3)C2(F)F)c(=O)n1. The number of alkyl halides is 2. The van der Waals surface area contributed by atoms with Crippen molar-refractivity contribution in [3.63, 3.8) is 0 Å². The quantitative estimate of drug-likeness (QED) is 0.195. The van der Waals surface area contributed by atoms with Crippen LogP contribution in [0.3, 0.4) is 0 Å². The number of hydrogen-bond donors (Lipinski definition) is 2. The fourth-order valence-electron chi connectivity index (χ4n) is 4.64. The molecule has 1 aromatic carbocycles. The average molecular weight is 608 g/mol. The molecule has 1 amide bonds. The van der Waals surface area contributed by atoms with Crippen LogP contribution in [-0.4, -0.2) is 63.8 Å². The van der Waals surface area contributed by atoms with Crippen molar-refractivity contribution in [3.8, 4) is 0 Å². The highest BCUT2D eigenvalue weighted by Gasteiger charge is 2.62. The second-order valence-corrected chi connectivity index (χ2v) is 10.4. The first-order valence-corrected chi connectivity index (χ1v) is 14.6. The van der Waals surface area contributed by atoms with Crippen LogP contribution in [0, 0.1) is 0 Å². The molecule has 13 heteroatoms. The first-order chi connectivity index (χ1) is 20.6. The van der Waals surface area contributed by atoms with Crippen molar-refractivity contribution >= 4 is 23.7 Å². The van der Waals surface area contributed by atoms with Crippen LogP contribution in [0.4, 0.5) is 19.4 Å². The van der Waals surface area contributed by atoms with Gasteiger partial charge in [-0.2, -0.15) is 13.8 Å². The van der Waals surface area contributed by atoms with E-state index >= 15 is 8.78 Å². The van der Waals surface area contributed by atoms with Gasteiger partial charge in [-0.25, -0.2) is 9.59 Å². The lowest BCUT2D eigenvalue weighted by atomic mass is 10.0. The van der Waals surface area contributed by atoms with Gasteiger partial charge >= 0.3 is 23.7 Å². The predicted octanol–water partition coefficient (Wildman–Crippen LogP) is 4.57. The van der Waals surface area contributed by atoms with Gasteiger partial charge in [0.15, 0.2) is 6.10 Å². The Morgan fingerprint density at radius 2 is 1.77 bits per heavy atom. The molecule has 0 unspecified atom stereocenters. The van der Waals surface area contributed by atoms with Gasteiger partial charge in [0.05, 0.1) is 13.2 Å². The van der Waals surface area contributed by atoms with Gasteiger partial charge in [0.2, 0.25) is 6.23 Å². The Bertz CT molecular complexity index is 1260. The van der Waals surface area contributed by atoms with Crippen LogP contribution >= 0.6 is 0 Å². The van der Waals surface area contributed by atoms with E-state index < -0.39 is 48.7 Å². The largest absolute Gasteiger partial charge is 0.453 e. The third kappa shape index (κ3) is 10.2. The maximum atomic E-state index is 15.3. The number of aliphatic hydroxyl groups excluding tert-OH is 1. The van der Waals surface area contributed by atoms with Crippen LogP contribution < -0.4 is 11.0 Å². The van der Waals surface area contributed by atoms with E-state index in [1.165, 1.54) is 0 Å². The van der Waals surface area contributed by atoms with Gasteiger partial charge in [-0.3, -0.25) is 19.5 Å². The number of carbonyl (C=O) groups is 3. The van der Waals surface area contributed by atoms with Crippen molar-refractivity contribution in [2.45, 2.75) is 95.5 Å². The zero-order valence-electron chi connectivity index (χ0n) is 24.2. The molecule has 236 valence electrons. The Kier molecular flexibility index (Phi) is 13.2. The molecule has 1 aliphatic heterocycles. The van der Waals surface area contributed by atoms with Crippen molar-refractivity contribution in [2.75, 3.05) is 18.5 Å². The minimum Gasteiger partial charge on any atom is -0.453 e. The standard InChI is InChI=1S/C30H39F2N3O8/c1-2-3-11-18-41-29(40)34-24-16-17-35(28(39)33-24)27-30(31,32)26(23(20-36)42-27)43-25(38)15-10-5-4-9-14-22(37)19-21-12-7-6-8-13-21/h6-8,12-13,16-17,23,26-27,36H,2-5,9-11,14-15,18-20H2,1H3,(H,33,34,39,40)/t23-,26-,27-/m1/s1. The average Bonchev–Trinajstić information content (AvgIpc) is 3.22. The van der Waals surface area contributed by atoms with Gasteiger partial charge in [0.25, 0.3) is 0 Å². The molecule has 0 aliphatic carbocycles. The number of Topliss-reactive ketones (excluding diaryl/α,β-unsaturated/α-hetero) is 1. The van der Waals surface area contributed by atoms with Crippen molar-refractivity contribution in [2.24, 2.45) is 0 Å². The second kappa shape index (κ2) is 16.8. The molecule has 0 spiro atoms. The molecule has 0 saturated carbocycles. The molecule has 0 bridgehead atoms. The topological polar surface area (TPSA) is 146 Å². The molecular weight excluding hydrogens is 568 g/mol. The number of rotatable bonds is 17. The molecule has 3 rings (SSSR count). The van der Waals surface area contributed by atoms with Crippen LogP contribution in [0.25, 0.3) is 0 Å². The van der Waals surface area contributed by atoms with E-state index in [0.717, 1.165) is 30.7 Å². The number of halogens is 2. The molecule has 1 saturated heterocycles. The highest BCUT2D eigenvalue weighted by molar-refractivity contribution is 5.83. The third-order valence-electron chi connectivity index (χ3n) is 6.91. The first kappa shape index (κ1) is 33.8. The number of anilines is 1. The number of benzene rings is 1. The summed E-state index contributed by atoms with van der Waals surface area (Å²) in [5, 5.41) is 11.9. The Hall–Kier alpha value is -3.71. The summed E-state index contributed by atoms with van der Waals surface area (Å²) in [4.78, 5) is 52.5. The lowest BCUT2D eigenvalue weighted by Gasteiger charge is -2.24. The molecular formula is C30H39F2N3O8. The molecule has 0 radical (unpaired) electrons. The second-order valence-electron chi connectivity index (χ2n) is 10.4. The van der Waals surface area contributed by atoms with E-state index in [2.05, 4.69) is 10.3 Å². The Morgan fingerprint density at radius 3 is 2.44 bits per heavy atom. The Morgan fingerprint density at radius 1 is 1.05 bits per heavy atom. The number of carbonyl (C=O) groups excluding carboxylic acids is 3. The van der Waals surface area contributed by atoms with Crippen molar-refractivity contribution in [1.29, 1.82) is 0 Å². The number of esters is 1. The van der Waals surface area contributed by atoms with Gasteiger partial charge in [0, 0.05) is 25.5 Å². The van der Waals surface area contributed by atoms with E-state index in [1.54, 1.807) is 0 Å². The Labute approximate surface area is 248 Å². The van der Waals surface area contributed by atoms with E-state index in [-0.39, 0.29) is 24.6 Å². The fourth-order valence-corrected chi connectivity index (χ4v) is 4.64. The zero-order chi connectivity index (χ0) is 31.2. The minimum absolute atomic E-state index is 0.124. The number of nitrogens with one attached hydrogen (secondary N) is 1. The van der Waals surface area contributed by atoms with Gasteiger partial charge in [-0.1, -0.05) is 62.9 Å². The summed E-state index contributed by atoms with van der Waals surface area (Å²) < 4.78 is 46.4. The highest BCUT2D eigenvalue weighted by atomic mass is 19.3. The van der Waals surface area contributed by atoms with E-state index in [9.17, 15) is 24.3 Å². The monoisotopic (exact) mass is 607 g/mol. The summed E-state index contributed by atoms with van der Waals surface area (Å²) in [6, 6.07) is 10.5. The molecule has 1 aromatic heterocycles. The number of ketones is 1. The van der Waals surface area contributed by atoms with E-state index in [1.807, 2.05) is 37.3 Å². The zero-order valence-corrected chi connectivity index (χ0v) is 24.2. The number of unbranched alkanes of at least 4 members (excludes halogenated alkanes) is 5. The van der Waals surface area contributed by atoms with Gasteiger partial charge in [0.1, 0.15) is 17.7 Å². The lowest BCUT2D eigenvalue weighted by Crippen LogP contribution is -2.44. The van der Waals surface area contributed by atoms with Crippen LogP contribution in [0.5, 0.6) is 0 Å². The minimum atomic E-state index is -3.87. The molecule has 2 heterocycles. The van der Waals surface area contributed by atoms with Gasteiger partial charge in [-0.05, 0) is 30.9 Å². The summed E-state index contributed by atoms with van der Waals surface area (Å²) in [6.45, 7) is 1.29. The van der Waals surface area contributed by atoms with Crippen molar-refractivity contribution in [1.82, 2.24) is 9.55 Å². The number of hydrogen-bond acceptors (Lipinski definition) is 9. The summed E-state index contributed by atoms with van der Waals surface area (Å²) in [5.74, 6) is -4.85. The number of nitrogens with zero attached hydrogens (tertiary/aromatic N) is 2. The van der Waals surface area contributed by atoms with Crippen LogP contribution in [-0.2, 0) is 30.2 Å². The maximum Gasteiger partial charge on any atom is 0.412 e. The van der Waals surface area contributed by atoms with Crippen LogP contribution in [0.2, 0.25) is 0 Å². The predicted molar refractivity (Wildman–Crippen MR) is 152 cm³/mol. The number of aromatic nitrogens is 2. The molecule has 2 N–H and O–H groups in total. The van der Waals surface area contributed by atoms with Crippen molar-refractivity contribution in [3.05, 3.63) is 58.6 Å². The first-order valence-electron chi connectivity index (χ1n) is 14.6. The molecule has 11 nitrogen and oxygen atoms in total. The molecule has 43 heavy (non-hydrogen) atoms. The van der Waals surface area contributed by atoms with Gasteiger partial charge < -0.3 is 19.3 Å². The van der Waals surface area contributed by atoms with E-state index in [0.29, 0.717) is 49.5 Å².